The van der Waals surface area contributed by atoms with Gasteiger partial charge in [0.15, 0.2) is 0 Å². The van der Waals surface area contributed by atoms with Gasteiger partial charge in [-0.3, -0.25) is 0 Å². The second-order valence-corrected chi connectivity index (χ2v) is 6.87. The van der Waals surface area contributed by atoms with Crippen molar-refractivity contribution in [3.63, 3.8) is 0 Å². The molecule has 1 atom stereocenters. The fraction of sp³-hybridized carbons (Fsp3) is 0.143. The highest BCUT2D eigenvalue weighted by molar-refractivity contribution is 9.10. The van der Waals surface area contributed by atoms with Gasteiger partial charge in [0.2, 0.25) is 0 Å². The summed E-state index contributed by atoms with van der Waals surface area (Å²) >= 11 is 17.1. The third kappa shape index (κ3) is 4.40. The van der Waals surface area contributed by atoms with E-state index in [-0.39, 0.29) is 6.04 Å². The van der Waals surface area contributed by atoms with Crippen LogP contribution in [0.5, 0.6) is 0 Å². The van der Waals surface area contributed by atoms with Crippen molar-refractivity contribution in [3.8, 4) is 0 Å². The van der Waals surface area contributed by atoms with Gasteiger partial charge >= 0.3 is 0 Å². The number of thioether (sulfide) groups is 1. The summed E-state index contributed by atoms with van der Waals surface area (Å²) in [7, 11) is 0. The van der Waals surface area contributed by atoms with Crippen molar-refractivity contribution >= 4 is 50.9 Å². The maximum Gasteiger partial charge on any atom is 0.0595 e. The van der Waals surface area contributed by atoms with Crippen molar-refractivity contribution in [1.82, 2.24) is 0 Å². The summed E-state index contributed by atoms with van der Waals surface area (Å²) in [4.78, 5) is 1.19. The Labute approximate surface area is 135 Å². The number of hydrogen-bond donors (Lipinski definition) is 1. The van der Waals surface area contributed by atoms with Crippen molar-refractivity contribution in [2.24, 2.45) is 5.73 Å². The van der Waals surface area contributed by atoms with Crippen molar-refractivity contribution in [2.45, 2.75) is 10.9 Å². The van der Waals surface area contributed by atoms with Gasteiger partial charge in [0.05, 0.1) is 10.0 Å². The van der Waals surface area contributed by atoms with E-state index in [1.54, 1.807) is 17.8 Å². The zero-order chi connectivity index (χ0) is 13.8. The zero-order valence-electron chi connectivity index (χ0n) is 9.95. The van der Waals surface area contributed by atoms with Crippen molar-refractivity contribution in [1.29, 1.82) is 0 Å². The van der Waals surface area contributed by atoms with Crippen LogP contribution in [0.1, 0.15) is 11.6 Å². The second kappa shape index (κ2) is 7.00. The number of rotatable bonds is 4. The molecule has 2 aromatic carbocycles. The van der Waals surface area contributed by atoms with Gasteiger partial charge in [-0.2, -0.15) is 0 Å². The van der Waals surface area contributed by atoms with E-state index in [9.17, 15) is 0 Å². The third-order valence-electron chi connectivity index (χ3n) is 2.60. The molecule has 0 amide bonds. The molecule has 0 aliphatic carbocycles. The first-order chi connectivity index (χ1) is 9.06. The molecular formula is C14H12BrCl2NS. The Kier molecular flexibility index (Phi) is 5.60. The summed E-state index contributed by atoms with van der Waals surface area (Å²) in [5.41, 5.74) is 7.16. The zero-order valence-corrected chi connectivity index (χ0v) is 13.9. The molecule has 1 nitrogen and oxygen atoms in total. The van der Waals surface area contributed by atoms with Crippen molar-refractivity contribution in [3.05, 3.63) is 62.5 Å². The van der Waals surface area contributed by atoms with E-state index >= 15 is 0 Å². The molecule has 0 fully saturated rings. The lowest BCUT2D eigenvalue weighted by atomic mass is 10.1. The molecule has 100 valence electrons. The third-order valence-corrected chi connectivity index (χ3v) is 4.94. The van der Waals surface area contributed by atoms with Gasteiger partial charge in [-0.15, -0.1) is 11.8 Å². The monoisotopic (exact) mass is 375 g/mol. The van der Waals surface area contributed by atoms with Crippen LogP contribution in [0, 0.1) is 0 Å². The minimum absolute atomic E-state index is 0.0706. The fourth-order valence-electron chi connectivity index (χ4n) is 1.58. The largest absolute Gasteiger partial charge is 0.323 e. The van der Waals surface area contributed by atoms with Crippen LogP contribution in [0.2, 0.25) is 10.0 Å². The van der Waals surface area contributed by atoms with Crippen LogP contribution >= 0.6 is 50.9 Å². The molecular weight excluding hydrogens is 365 g/mol. The molecule has 2 N–H and O–H groups in total. The standard InChI is InChI=1S/C14H12BrCl2NS/c15-10-2-1-3-11(7-10)19-8-14(18)9-4-5-12(16)13(17)6-9/h1-7,14H,8,18H2. The molecule has 0 heterocycles. The van der Waals surface area contributed by atoms with Crippen LogP contribution in [-0.2, 0) is 0 Å². The Hall–Kier alpha value is -0.190. The molecule has 5 heteroatoms. The van der Waals surface area contributed by atoms with E-state index in [4.69, 9.17) is 28.9 Å². The van der Waals surface area contributed by atoms with E-state index in [1.165, 1.54) is 4.90 Å². The average Bonchev–Trinajstić information content (AvgIpc) is 2.39. The summed E-state index contributed by atoms with van der Waals surface area (Å²) in [6.45, 7) is 0. The van der Waals surface area contributed by atoms with E-state index in [0.717, 1.165) is 15.8 Å². The van der Waals surface area contributed by atoms with Crippen LogP contribution in [0.15, 0.2) is 51.8 Å². The van der Waals surface area contributed by atoms with E-state index < -0.39 is 0 Å². The van der Waals surface area contributed by atoms with Crippen LogP contribution in [0.3, 0.4) is 0 Å². The molecule has 2 rings (SSSR count). The maximum atomic E-state index is 6.17. The highest BCUT2D eigenvalue weighted by Gasteiger charge is 2.09. The smallest absolute Gasteiger partial charge is 0.0595 e. The predicted octanol–water partition coefficient (Wildman–Crippen LogP) is 5.55. The summed E-state index contributed by atoms with van der Waals surface area (Å²) < 4.78 is 1.07. The Morgan fingerprint density at radius 1 is 1.11 bits per heavy atom. The molecule has 0 radical (unpaired) electrons. The molecule has 2 aromatic rings. The lowest BCUT2D eigenvalue weighted by Gasteiger charge is -2.12. The second-order valence-electron chi connectivity index (χ2n) is 4.05. The molecule has 0 aliphatic heterocycles. The number of benzene rings is 2. The quantitative estimate of drug-likeness (QED) is 0.708. The Morgan fingerprint density at radius 2 is 1.89 bits per heavy atom. The normalized spacial score (nSPS) is 12.4. The van der Waals surface area contributed by atoms with Gasteiger partial charge < -0.3 is 5.73 Å². The first-order valence-corrected chi connectivity index (χ1v) is 8.18. The average molecular weight is 377 g/mol. The van der Waals surface area contributed by atoms with Crippen LogP contribution < -0.4 is 5.73 Å². The van der Waals surface area contributed by atoms with Gasteiger partial charge in [-0.05, 0) is 35.9 Å². The molecule has 0 saturated carbocycles. The fourth-order valence-corrected chi connectivity index (χ4v) is 3.39. The topological polar surface area (TPSA) is 26.0 Å². The Morgan fingerprint density at radius 3 is 2.58 bits per heavy atom. The molecule has 19 heavy (non-hydrogen) atoms. The summed E-state index contributed by atoms with van der Waals surface area (Å²) in [6.07, 6.45) is 0. The Bertz CT molecular complexity index is 577. The van der Waals surface area contributed by atoms with Crippen LogP contribution in [-0.4, -0.2) is 5.75 Å². The van der Waals surface area contributed by atoms with Gasteiger partial charge in [0.25, 0.3) is 0 Å². The minimum Gasteiger partial charge on any atom is -0.323 e. The van der Waals surface area contributed by atoms with Crippen LogP contribution in [0.4, 0.5) is 0 Å². The van der Waals surface area contributed by atoms with Gasteiger partial charge in [-0.1, -0.05) is 51.3 Å². The predicted molar refractivity (Wildman–Crippen MR) is 88.3 cm³/mol. The minimum atomic E-state index is -0.0706. The number of nitrogens with two attached hydrogens (primary N) is 1. The van der Waals surface area contributed by atoms with E-state index in [0.29, 0.717) is 10.0 Å². The van der Waals surface area contributed by atoms with Gasteiger partial charge in [0, 0.05) is 21.2 Å². The summed E-state index contributed by atoms with van der Waals surface area (Å²) in [5, 5.41) is 1.10. The molecule has 0 bridgehead atoms. The van der Waals surface area contributed by atoms with Gasteiger partial charge in [-0.25, -0.2) is 0 Å². The first kappa shape index (κ1) is 15.2. The lowest BCUT2D eigenvalue weighted by molar-refractivity contribution is 0.831. The Balaban J connectivity index is 2.01. The van der Waals surface area contributed by atoms with Crippen molar-refractivity contribution in [2.75, 3.05) is 5.75 Å². The molecule has 0 spiro atoms. The molecule has 0 aromatic heterocycles. The maximum absolute atomic E-state index is 6.17. The SMILES string of the molecule is NC(CSc1cccc(Br)c1)c1ccc(Cl)c(Cl)c1. The summed E-state index contributed by atoms with van der Waals surface area (Å²) in [6, 6.07) is 13.6. The molecule has 0 aliphatic rings. The van der Waals surface area contributed by atoms with E-state index in [2.05, 4.69) is 28.1 Å². The summed E-state index contributed by atoms with van der Waals surface area (Å²) in [5.74, 6) is 0.786. The highest BCUT2D eigenvalue weighted by Crippen LogP contribution is 2.29. The lowest BCUT2D eigenvalue weighted by Crippen LogP contribution is -2.12. The first-order valence-electron chi connectivity index (χ1n) is 5.65. The highest BCUT2D eigenvalue weighted by atomic mass is 79.9. The number of hydrogen-bond acceptors (Lipinski definition) is 2. The number of halogens is 3. The van der Waals surface area contributed by atoms with Crippen LogP contribution in [0.25, 0.3) is 0 Å². The molecule has 1 unspecified atom stereocenters. The van der Waals surface area contributed by atoms with E-state index in [1.807, 2.05) is 24.3 Å². The molecule has 0 saturated heterocycles. The van der Waals surface area contributed by atoms with Gasteiger partial charge in [0.1, 0.15) is 0 Å². The van der Waals surface area contributed by atoms with Crippen molar-refractivity contribution < 1.29 is 0 Å².